The summed E-state index contributed by atoms with van der Waals surface area (Å²) in [6, 6.07) is 4.13. The minimum absolute atomic E-state index is 1.00. The summed E-state index contributed by atoms with van der Waals surface area (Å²) < 4.78 is 5.16. The Balaban J connectivity index is 0. The summed E-state index contributed by atoms with van der Waals surface area (Å²) in [6.07, 6.45) is 18.7. The quantitative estimate of drug-likeness (QED) is 0.236. The number of aliphatic hydroxyl groups is 1. The van der Waals surface area contributed by atoms with E-state index in [1.165, 1.54) is 75.1 Å². The molecule has 0 atom stereocenters. The lowest BCUT2D eigenvalue weighted by atomic mass is 10.0. The van der Waals surface area contributed by atoms with E-state index in [4.69, 9.17) is 9.52 Å². The highest BCUT2D eigenvalue weighted by atomic mass is 79.9. The molecule has 3 heteroatoms. The van der Waals surface area contributed by atoms with E-state index in [9.17, 15) is 0 Å². The van der Waals surface area contributed by atoms with Gasteiger partial charge in [-0.2, -0.15) is 0 Å². The third kappa shape index (κ3) is 19.5. The Morgan fingerprint density at radius 2 is 1.30 bits per heavy atom. The van der Waals surface area contributed by atoms with Crippen LogP contribution in [0.15, 0.2) is 29.1 Å². The van der Waals surface area contributed by atoms with E-state index in [1.54, 1.807) is 6.26 Å². The summed E-state index contributed by atoms with van der Waals surface area (Å²) in [7, 11) is 1.00. The number of hydrogen-bond donors (Lipinski definition) is 1. The van der Waals surface area contributed by atoms with Crippen LogP contribution in [0.4, 0.5) is 0 Å². The maximum absolute atomic E-state index is 7.00. The van der Waals surface area contributed by atoms with Crippen molar-refractivity contribution in [3.63, 3.8) is 0 Å². The zero-order chi connectivity index (χ0) is 17.6. The molecule has 0 bridgehead atoms. The summed E-state index contributed by atoms with van der Waals surface area (Å²) in [5.41, 5.74) is 1.33. The van der Waals surface area contributed by atoms with E-state index in [0.717, 1.165) is 13.5 Å². The summed E-state index contributed by atoms with van der Waals surface area (Å²) in [6.45, 7) is 4.00. The average molecular weight is 390 g/mol. The van der Waals surface area contributed by atoms with Crippen molar-refractivity contribution in [1.29, 1.82) is 0 Å². The minimum atomic E-state index is 1.00. The summed E-state index contributed by atoms with van der Waals surface area (Å²) in [4.78, 5) is 0. The van der Waals surface area contributed by atoms with E-state index in [1.807, 2.05) is 26.2 Å². The van der Waals surface area contributed by atoms with Crippen molar-refractivity contribution in [3.05, 3.63) is 30.2 Å². The lowest BCUT2D eigenvalue weighted by molar-refractivity contribution is 0.399. The minimum Gasteiger partial charge on any atom is -0.400 e. The van der Waals surface area contributed by atoms with Crippen molar-refractivity contribution >= 4 is 15.9 Å². The van der Waals surface area contributed by atoms with Crippen molar-refractivity contribution in [1.82, 2.24) is 0 Å². The lowest BCUT2D eigenvalue weighted by Gasteiger charge is -2.02. The van der Waals surface area contributed by atoms with Crippen LogP contribution < -0.4 is 0 Å². The Bertz CT molecular complexity index is 291. The highest BCUT2D eigenvalue weighted by molar-refractivity contribution is 9.09. The molecule has 1 aromatic heterocycles. The molecule has 0 aromatic carbocycles. The Labute approximate surface area is 152 Å². The first-order valence-electron chi connectivity index (χ1n) is 9.28. The van der Waals surface area contributed by atoms with Crippen LogP contribution >= 0.6 is 15.9 Å². The van der Waals surface area contributed by atoms with Crippen LogP contribution in [0.3, 0.4) is 0 Å². The number of rotatable bonds is 12. The van der Waals surface area contributed by atoms with Crippen molar-refractivity contribution in [2.24, 2.45) is 0 Å². The fourth-order valence-corrected chi connectivity index (χ4v) is 2.75. The van der Waals surface area contributed by atoms with E-state index in [-0.39, 0.29) is 0 Å². The molecule has 0 fully saturated rings. The predicted molar refractivity (Wildman–Crippen MR) is 106 cm³/mol. The van der Waals surface area contributed by atoms with Gasteiger partial charge in [0, 0.05) is 24.1 Å². The SMILES string of the molecule is BrCCCCCCCCCCCCc1ccc[o+]c1.CC.CO. The maximum atomic E-state index is 7.00. The summed E-state index contributed by atoms with van der Waals surface area (Å²) in [5.74, 6) is 0. The van der Waals surface area contributed by atoms with Gasteiger partial charge < -0.3 is 5.11 Å². The van der Waals surface area contributed by atoms with E-state index in [0.29, 0.717) is 0 Å². The van der Waals surface area contributed by atoms with Gasteiger partial charge >= 0.3 is 12.5 Å². The molecule has 2 nitrogen and oxygen atoms in total. The molecule has 0 saturated heterocycles. The summed E-state index contributed by atoms with van der Waals surface area (Å²) in [5, 5.41) is 8.17. The topological polar surface area (TPSA) is 31.5 Å². The highest BCUT2D eigenvalue weighted by Gasteiger charge is 1.98. The van der Waals surface area contributed by atoms with Gasteiger partial charge in [0.25, 0.3) is 0 Å². The lowest BCUT2D eigenvalue weighted by Crippen LogP contribution is -1.86. The van der Waals surface area contributed by atoms with Crippen molar-refractivity contribution in [2.45, 2.75) is 84.5 Å². The second-order valence-corrected chi connectivity index (χ2v) is 6.09. The molecule has 0 saturated carbocycles. The molecule has 0 unspecified atom stereocenters. The van der Waals surface area contributed by atoms with Crippen molar-refractivity contribution in [2.75, 3.05) is 12.4 Å². The van der Waals surface area contributed by atoms with Crippen LogP contribution in [-0.2, 0) is 6.42 Å². The number of aryl methyl sites for hydroxylation is 1. The standard InChI is InChI=1S/C17H28BrO.C2H6.CH4O/c18-14-10-8-6-4-2-1-3-5-7-9-12-17-13-11-15-19-16-17;2*1-2/h11,13,15-16H,1-10,12,14H2;1-2H3;2H,1H3/q+1;;. The normalized spacial score (nSPS) is 9.43. The van der Waals surface area contributed by atoms with Crippen LogP contribution in [-0.4, -0.2) is 17.5 Å². The van der Waals surface area contributed by atoms with Crippen molar-refractivity contribution < 1.29 is 9.52 Å². The van der Waals surface area contributed by atoms with Crippen LogP contribution in [0.25, 0.3) is 0 Å². The first-order chi connectivity index (χ1) is 11.4. The van der Waals surface area contributed by atoms with Gasteiger partial charge in [-0.25, -0.2) is 4.42 Å². The Kier molecular flexibility index (Phi) is 25.8. The van der Waals surface area contributed by atoms with Gasteiger partial charge in [-0.3, -0.25) is 0 Å². The van der Waals surface area contributed by atoms with Crippen LogP contribution in [0, 0.1) is 0 Å². The molecular weight excluding hydrogens is 352 g/mol. The molecule has 23 heavy (non-hydrogen) atoms. The van der Waals surface area contributed by atoms with Gasteiger partial charge in [-0.15, -0.1) is 0 Å². The molecule has 0 amide bonds. The van der Waals surface area contributed by atoms with Crippen LogP contribution in [0.2, 0.25) is 0 Å². The molecule has 0 aliphatic rings. The van der Waals surface area contributed by atoms with Crippen molar-refractivity contribution in [3.8, 4) is 0 Å². The summed E-state index contributed by atoms with van der Waals surface area (Å²) >= 11 is 3.48. The van der Waals surface area contributed by atoms with Gasteiger partial charge in [-0.05, 0) is 25.3 Å². The van der Waals surface area contributed by atoms with Gasteiger partial charge in [0.05, 0.1) is 0 Å². The third-order valence-electron chi connectivity index (χ3n) is 3.54. The molecule has 1 heterocycles. The first kappa shape index (κ1) is 24.8. The van der Waals surface area contributed by atoms with Crippen LogP contribution in [0.5, 0.6) is 0 Å². The number of hydrogen-bond acceptors (Lipinski definition) is 1. The van der Waals surface area contributed by atoms with Gasteiger partial charge in [-0.1, -0.05) is 81.1 Å². The smallest absolute Gasteiger partial charge is 0.321 e. The molecule has 0 spiro atoms. The second kappa shape index (κ2) is 23.9. The van der Waals surface area contributed by atoms with Gasteiger partial charge in [0.1, 0.15) is 0 Å². The van der Waals surface area contributed by atoms with Gasteiger partial charge in [0.15, 0.2) is 0 Å². The molecule has 0 aliphatic heterocycles. The largest absolute Gasteiger partial charge is 0.400 e. The monoisotopic (exact) mass is 389 g/mol. The Morgan fingerprint density at radius 3 is 1.74 bits per heavy atom. The van der Waals surface area contributed by atoms with E-state index < -0.39 is 0 Å². The molecule has 1 N–H and O–H groups in total. The molecule has 0 radical (unpaired) electrons. The Hall–Kier alpha value is -0.410. The molecule has 136 valence electrons. The van der Waals surface area contributed by atoms with Gasteiger partial charge in [0.2, 0.25) is 0 Å². The maximum Gasteiger partial charge on any atom is 0.321 e. The second-order valence-electron chi connectivity index (χ2n) is 5.30. The molecule has 0 aliphatic carbocycles. The fraction of sp³-hybridized carbons (Fsp3) is 0.750. The predicted octanol–water partition coefficient (Wildman–Crippen LogP) is 7.03. The van der Waals surface area contributed by atoms with E-state index >= 15 is 0 Å². The molecule has 1 aromatic rings. The zero-order valence-electron chi connectivity index (χ0n) is 15.5. The van der Waals surface area contributed by atoms with E-state index in [2.05, 4.69) is 22.0 Å². The number of aliphatic hydroxyl groups excluding tert-OH is 1. The highest BCUT2D eigenvalue weighted by Crippen LogP contribution is 2.12. The third-order valence-corrected chi connectivity index (χ3v) is 4.10. The number of halogens is 1. The molecular formula is C20H38BrO2+. The molecule has 1 rings (SSSR count). The average Bonchev–Trinajstić information content (AvgIpc) is 2.64. The Morgan fingerprint density at radius 1 is 0.826 bits per heavy atom. The van der Waals surface area contributed by atoms with Crippen LogP contribution in [0.1, 0.15) is 83.6 Å². The number of alkyl halides is 1. The first-order valence-corrected chi connectivity index (χ1v) is 10.4. The number of unbranched alkanes of at least 4 members (excludes halogenated alkanes) is 9. The fourth-order valence-electron chi connectivity index (χ4n) is 2.35. The zero-order valence-corrected chi connectivity index (χ0v) is 17.1.